The molecule has 0 saturated carbocycles. The van der Waals surface area contributed by atoms with Crippen molar-refractivity contribution in [3.05, 3.63) is 114 Å². The minimum atomic E-state index is -1.39. The number of cyclic esters (lactones) is 1. The fourth-order valence-corrected chi connectivity index (χ4v) is 6.36. The number of esters is 3. The molecule has 0 aromatic heterocycles. The Kier molecular flexibility index (Phi) is 7.70. The van der Waals surface area contributed by atoms with Crippen LogP contribution in [-0.2, 0) is 19.9 Å². The number of carbonyl (C=O) groups is 3. The second-order valence-corrected chi connectivity index (χ2v) is 10.5. The third-order valence-electron chi connectivity index (χ3n) is 5.36. The van der Waals surface area contributed by atoms with Gasteiger partial charge < -0.3 is 14.2 Å². The molecule has 10 heteroatoms. The second-order valence-electron chi connectivity index (χ2n) is 7.38. The van der Waals surface area contributed by atoms with Crippen molar-refractivity contribution in [1.29, 1.82) is 0 Å². The van der Waals surface area contributed by atoms with E-state index in [9.17, 15) is 14.4 Å². The molecule has 3 aromatic carbocycles. The first-order chi connectivity index (χ1) is 17.1. The van der Waals surface area contributed by atoms with Crippen molar-refractivity contribution in [2.75, 3.05) is 0 Å². The van der Waals surface area contributed by atoms with Gasteiger partial charge in [-0.05, 0) is 88.0 Å². The van der Waals surface area contributed by atoms with Crippen molar-refractivity contribution >= 4 is 81.6 Å². The standard InChI is InChI=1S/C26H14Br4O6/c1-3-17(31)34-15-9-5-13(6-10-15)26(14-7-11-16(12-8-14)35-18(32)4-2)20-19(25(33)36-26)21(27)23(29)24(30)22(20)28/h3-12H,1-2H2. The van der Waals surface area contributed by atoms with Gasteiger partial charge in [0.25, 0.3) is 0 Å². The van der Waals surface area contributed by atoms with Gasteiger partial charge in [0.15, 0.2) is 5.60 Å². The molecule has 0 saturated heterocycles. The molecule has 0 bridgehead atoms. The molecule has 1 aliphatic rings. The molecule has 0 unspecified atom stereocenters. The molecular formula is C26H14Br4O6. The van der Waals surface area contributed by atoms with Crippen molar-refractivity contribution in [2.24, 2.45) is 0 Å². The summed E-state index contributed by atoms with van der Waals surface area (Å²) in [6, 6.07) is 13.2. The third kappa shape index (κ3) is 4.51. The van der Waals surface area contributed by atoms with Gasteiger partial charge in [0.05, 0.1) is 5.56 Å². The Balaban J connectivity index is 1.96. The van der Waals surface area contributed by atoms with Crippen molar-refractivity contribution < 1.29 is 28.6 Å². The molecule has 6 nitrogen and oxygen atoms in total. The Morgan fingerprint density at radius 1 is 0.722 bits per heavy atom. The monoisotopic (exact) mass is 738 g/mol. The molecule has 182 valence electrons. The van der Waals surface area contributed by atoms with Gasteiger partial charge in [0.2, 0.25) is 0 Å². The molecule has 4 rings (SSSR count). The van der Waals surface area contributed by atoms with Gasteiger partial charge in [-0.1, -0.05) is 37.4 Å². The van der Waals surface area contributed by atoms with Crippen molar-refractivity contribution in [3.63, 3.8) is 0 Å². The van der Waals surface area contributed by atoms with Gasteiger partial charge in [-0.15, -0.1) is 0 Å². The molecular weight excluding hydrogens is 728 g/mol. The van der Waals surface area contributed by atoms with Crippen LogP contribution in [0.1, 0.15) is 27.0 Å². The largest absolute Gasteiger partial charge is 0.441 e. The summed E-state index contributed by atoms with van der Waals surface area (Å²) in [6.45, 7) is 6.80. The summed E-state index contributed by atoms with van der Waals surface area (Å²) in [7, 11) is 0. The summed E-state index contributed by atoms with van der Waals surface area (Å²) in [4.78, 5) is 36.5. The summed E-state index contributed by atoms with van der Waals surface area (Å²) in [5.74, 6) is -1.14. The van der Waals surface area contributed by atoms with Crippen molar-refractivity contribution in [1.82, 2.24) is 0 Å². The van der Waals surface area contributed by atoms with E-state index in [1.807, 2.05) is 0 Å². The number of rotatable bonds is 6. The fourth-order valence-electron chi connectivity index (χ4n) is 3.80. The number of hydrogen-bond acceptors (Lipinski definition) is 6. The SMILES string of the molecule is C=CC(=O)Oc1ccc(C2(c3ccc(OC(=O)C=C)cc3)OC(=O)c3c(Br)c(Br)c(Br)c(Br)c32)cc1. The second kappa shape index (κ2) is 10.5. The van der Waals surface area contributed by atoms with E-state index in [4.69, 9.17) is 14.2 Å². The quantitative estimate of drug-likeness (QED) is 0.0863. The lowest BCUT2D eigenvalue weighted by Gasteiger charge is -2.31. The molecule has 0 radical (unpaired) electrons. The third-order valence-corrected chi connectivity index (χ3v) is 10.1. The zero-order valence-electron chi connectivity index (χ0n) is 18.1. The lowest BCUT2D eigenvalue weighted by molar-refractivity contribution is -0.129. The van der Waals surface area contributed by atoms with Crippen LogP contribution in [0.15, 0.2) is 91.7 Å². The molecule has 0 spiro atoms. The maximum atomic E-state index is 13.3. The number of hydrogen-bond donors (Lipinski definition) is 0. The van der Waals surface area contributed by atoms with Gasteiger partial charge in [-0.25, -0.2) is 14.4 Å². The Hall–Kier alpha value is -2.53. The van der Waals surface area contributed by atoms with Gasteiger partial charge in [0, 0.05) is 46.7 Å². The van der Waals surface area contributed by atoms with Crippen LogP contribution in [0.25, 0.3) is 0 Å². The average Bonchev–Trinajstić information content (AvgIpc) is 3.20. The Bertz CT molecular complexity index is 1360. The first-order valence-corrected chi connectivity index (χ1v) is 13.3. The van der Waals surface area contributed by atoms with Crippen LogP contribution in [0.5, 0.6) is 11.5 Å². The van der Waals surface area contributed by atoms with Crippen LogP contribution in [0.2, 0.25) is 0 Å². The zero-order chi connectivity index (χ0) is 26.2. The number of ether oxygens (including phenoxy) is 3. The normalized spacial score (nSPS) is 13.4. The lowest BCUT2D eigenvalue weighted by atomic mass is 9.80. The van der Waals surface area contributed by atoms with Crippen LogP contribution < -0.4 is 9.47 Å². The summed E-state index contributed by atoms with van der Waals surface area (Å²) in [6.07, 6.45) is 2.13. The number of halogens is 4. The number of carbonyl (C=O) groups excluding carboxylic acids is 3. The van der Waals surface area contributed by atoms with E-state index in [-0.39, 0.29) is 0 Å². The van der Waals surface area contributed by atoms with E-state index in [0.29, 0.717) is 51.6 Å². The van der Waals surface area contributed by atoms with Gasteiger partial charge in [-0.3, -0.25) is 0 Å². The number of benzene rings is 3. The van der Waals surface area contributed by atoms with E-state index >= 15 is 0 Å². The van der Waals surface area contributed by atoms with Gasteiger partial charge in [0.1, 0.15) is 11.5 Å². The molecule has 0 atom stereocenters. The molecule has 0 fully saturated rings. The Morgan fingerprint density at radius 3 is 1.56 bits per heavy atom. The van der Waals surface area contributed by atoms with E-state index in [0.717, 1.165) is 12.2 Å². The maximum absolute atomic E-state index is 13.3. The van der Waals surface area contributed by atoms with Gasteiger partial charge in [-0.2, -0.15) is 0 Å². The van der Waals surface area contributed by atoms with Crippen LogP contribution in [0.3, 0.4) is 0 Å². The van der Waals surface area contributed by atoms with Crippen molar-refractivity contribution in [3.8, 4) is 11.5 Å². The first-order valence-electron chi connectivity index (χ1n) is 10.1. The molecule has 0 amide bonds. The first kappa shape index (κ1) is 26.5. The fraction of sp³-hybridized carbons (Fsp3) is 0.0385. The van der Waals surface area contributed by atoms with Crippen LogP contribution in [-0.4, -0.2) is 17.9 Å². The van der Waals surface area contributed by atoms with Crippen molar-refractivity contribution in [2.45, 2.75) is 5.60 Å². The van der Waals surface area contributed by atoms with Gasteiger partial charge >= 0.3 is 17.9 Å². The van der Waals surface area contributed by atoms with E-state index in [1.54, 1.807) is 48.5 Å². The average molecular weight is 742 g/mol. The molecule has 0 N–H and O–H groups in total. The predicted molar refractivity (Wildman–Crippen MR) is 147 cm³/mol. The highest BCUT2D eigenvalue weighted by Gasteiger charge is 2.52. The van der Waals surface area contributed by atoms with E-state index < -0.39 is 23.5 Å². The minimum Gasteiger partial charge on any atom is -0.441 e. The maximum Gasteiger partial charge on any atom is 0.341 e. The van der Waals surface area contributed by atoms with E-state index in [1.165, 1.54) is 0 Å². The highest BCUT2D eigenvalue weighted by molar-refractivity contribution is 9.15. The highest BCUT2D eigenvalue weighted by Crippen LogP contribution is 2.55. The topological polar surface area (TPSA) is 78.9 Å². The summed E-state index contributed by atoms with van der Waals surface area (Å²) in [5, 5.41) is 0. The van der Waals surface area contributed by atoms with Crippen LogP contribution in [0.4, 0.5) is 0 Å². The molecule has 0 aliphatic carbocycles. The summed E-state index contributed by atoms with van der Waals surface area (Å²) in [5.41, 5.74) is 0.678. The highest BCUT2D eigenvalue weighted by atomic mass is 79.9. The van der Waals surface area contributed by atoms with E-state index in [2.05, 4.69) is 76.9 Å². The molecule has 1 heterocycles. The summed E-state index contributed by atoms with van der Waals surface area (Å²) < 4.78 is 19.0. The smallest absolute Gasteiger partial charge is 0.341 e. The predicted octanol–water partition coefficient (Wildman–Crippen LogP) is 7.38. The summed E-state index contributed by atoms with van der Waals surface area (Å²) >= 11 is 14.2. The minimum absolute atomic E-state index is 0.298. The number of fused-ring (bicyclic) bond motifs is 1. The zero-order valence-corrected chi connectivity index (χ0v) is 24.5. The Labute approximate surface area is 239 Å². The Morgan fingerprint density at radius 2 is 1.14 bits per heavy atom. The molecule has 1 aliphatic heterocycles. The van der Waals surface area contributed by atoms with Crippen LogP contribution >= 0.6 is 63.7 Å². The molecule has 36 heavy (non-hydrogen) atoms. The van der Waals surface area contributed by atoms with Crippen LogP contribution in [0, 0.1) is 0 Å². The molecule has 3 aromatic rings. The lowest BCUT2D eigenvalue weighted by Crippen LogP contribution is -2.30.